The van der Waals surface area contributed by atoms with Crippen LogP contribution in [0.1, 0.15) is 12.5 Å². The summed E-state index contributed by atoms with van der Waals surface area (Å²) < 4.78 is 7.91. The van der Waals surface area contributed by atoms with Crippen LogP contribution >= 0.6 is 23.4 Å². The van der Waals surface area contributed by atoms with Crippen LogP contribution in [0.5, 0.6) is 5.75 Å². The van der Waals surface area contributed by atoms with Crippen molar-refractivity contribution in [3.63, 3.8) is 0 Å². The number of thioether (sulfide) groups is 1. The lowest BCUT2D eigenvalue weighted by molar-refractivity contribution is 0.344. The second-order valence-electron chi connectivity index (χ2n) is 6.68. The van der Waals surface area contributed by atoms with Crippen molar-refractivity contribution in [2.24, 2.45) is 0 Å². The van der Waals surface area contributed by atoms with Crippen molar-refractivity contribution >= 4 is 23.4 Å². The molecule has 30 heavy (non-hydrogen) atoms. The molecule has 0 N–H and O–H groups in total. The highest BCUT2D eigenvalue weighted by Gasteiger charge is 2.16. The van der Waals surface area contributed by atoms with Gasteiger partial charge in [0.25, 0.3) is 0 Å². The number of rotatable bonds is 8. The minimum Gasteiger partial charge on any atom is -0.493 e. The van der Waals surface area contributed by atoms with E-state index in [1.54, 1.807) is 11.8 Å². The second kappa shape index (κ2) is 9.83. The van der Waals surface area contributed by atoms with Crippen molar-refractivity contribution in [1.82, 2.24) is 14.8 Å². The average Bonchev–Trinajstić information content (AvgIpc) is 3.22. The molecular weight excluding hydrogens is 414 g/mol. The van der Waals surface area contributed by atoms with E-state index in [0.29, 0.717) is 11.6 Å². The van der Waals surface area contributed by atoms with Crippen molar-refractivity contribution < 1.29 is 4.74 Å². The van der Waals surface area contributed by atoms with Gasteiger partial charge >= 0.3 is 0 Å². The summed E-state index contributed by atoms with van der Waals surface area (Å²) in [6, 6.07) is 26.0. The molecule has 0 bridgehead atoms. The van der Waals surface area contributed by atoms with E-state index < -0.39 is 0 Å². The molecule has 0 radical (unpaired) electrons. The number of nitrogens with zero attached hydrogens (tertiary/aromatic N) is 3. The molecule has 0 unspecified atom stereocenters. The topological polar surface area (TPSA) is 39.9 Å². The van der Waals surface area contributed by atoms with Crippen LogP contribution in [0.4, 0.5) is 0 Å². The number of hydrogen-bond acceptors (Lipinski definition) is 4. The molecule has 0 amide bonds. The van der Waals surface area contributed by atoms with Crippen molar-refractivity contribution in [3.8, 4) is 22.8 Å². The van der Waals surface area contributed by atoms with Crippen LogP contribution in [-0.2, 0) is 6.42 Å². The van der Waals surface area contributed by atoms with E-state index in [9.17, 15) is 0 Å². The van der Waals surface area contributed by atoms with Crippen LogP contribution < -0.4 is 4.74 Å². The number of hydrogen-bond donors (Lipinski definition) is 0. The van der Waals surface area contributed by atoms with Crippen molar-refractivity contribution in [2.75, 3.05) is 12.4 Å². The number of halogens is 1. The van der Waals surface area contributed by atoms with Gasteiger partial charge in [0, 0.05) is 22.0 Å². The molecule has 1 heterocycles. The Balaban J connectivity index is 1.58. The van der Waals surface area contributed by atoms with Gasteiger partial charge in [0.2, 0.25) is 0 Å². The van der Waals surface area contributed by atoms with Crippen LogP contribution in [0, 0.1) is 0 Å². The summed E-state index contributed by atoms with van der Waals surface area (Å²) in [7, 11) is 0. The van der Waals surface area contributed by atoms with E-state index in [-0.39, 0.29) is 0 Å². The maximum atomic E-state index is 6.07. The molecule has 0 aliphatic rings. The predicted molar refractivity (Wildman–Crippen MR) is 124 cm³/mol. The third-order valence-corrected chi connectivity index (χ3v) is 5.81. The summed E-state index contributed by atoms with van der Waals surface area (Å²) in [5.41, 5.74) is 3.30. The fourth-order valence-corrected chi connectivity index (χ4v) is 3.97. The molecule has 1 aromatic heterocycles. The minimum atomic E-state index is 0.590. The highest BCUT2D eigenvalue weighted by Crippen LogP contribution is 2.29. The molecule has 0 saturated carbocycles. The first-order valence-corrected chi connectivity index (χ1v) is 11.2. The summed E-state index contributed by atoms with van der Waals surface area (Å²) in [4.78, 5) is 0. The maximum Gasteiger partial charge on any atom is 0.196 e. The normalized spacial score (nSPS) is 10.9. The van der Waals surface area contributed by atoms with Gasteiger partial charge in [0.15, 0.2) is 11.0 Å². The predicted octanol–water partition coefficient (Wildman–Crippen LogP) is 6.32. The first-order chi connectivity index (χ1) is 14.7. The Hall–Kier alpha value is -2.76. The lowest BCUT2D eigenvalue weighted by atomic mass is 10.1. The second-order valence-corrected chi connectivity index (χ2v) is 8.18. The Kier molecular flexibility index (Phi) is 6.72. The smallest absolute Gasteiger partial charge is 0.196 e. The number of ether oxygens (including phenoxy) is 1. The fourth-order valence-electron chi connectivity index (χ4n) is 3.07. The first-order valence-electron chi connectivity index (χ1n) is 9.86. The monoisotopic (exact) mass is 435 g/mol. The largest absolute Gasteiger partial charge is 0.493 e. The van der Waals surface area contributed by atoms with Crippen molar-refractivity contribution in [2.45, 2.75) is 18.5 Å². The molecule has 0 saturated heterocycles. The molecule has 0 aliphatic carbocycles. The Morgan fingerprint density at radius 3 is 2.33 bits per heavy atom. The molecule has 4 nitrogen and oxygen atoms in total. The minimum absolute atomic E-state index is 0.590. The van der Waals surface area contributed by atoms with Gasteiger partial charge in [0.1, 0.15) is 5.75 Å². The van der Waals surface area contributed by atoms with Crippen molar-refractivity contribution in [1.29, 1.82) is 0 Å². The summed E-state index contributed by atoms with van der Waals surface area (Å²) in [5.74, 6) is 2.43. The number of benzene rings is 3. The highest BCUT2D eigenvalue weighted by molar-refractivity contribution is 7.99. The Morgan fingerprint density at radius 1 is 0.900 bits per heavy atom. The van der Waals surface area contributed by atoms with Crippen LogP contribution in [0.2, 0.25) is 5.02 Å². The number of aryl methyl sites for hydroxylation is 1. The molecule has 0 aliphatic heterocycles. The van der Waals surface area contributed by atoms with Gasteiger partial charge in [-0.05, 0) is 60.5 Å². The van der Waals surface area contributed by atoms with E-state index in [0.717, 1.165) is 40.2 Å². The Morgan fingerprint density at radius 2 is 1.63 bits per heavy atom. The summed E-state index contributed by atoms with van der Waals surface area (Å²) >= 11 is 7.70. The quantitative estimate of drug-likeness (QED) is 0.240. The molecule has 0 spiro atoms. The zero-order valence-corrected chi connectivity index (χ0v) is 18.2. The summed E-state index contributed by atoms with van der Waals surface area (Å²) in [5, 5.41) is 10.5. The molecule has 6 heteroatoms. The maximum absolute atomic E-state index is 6.07. The first kappa shape index (κ1) is 20.5. The number of aromatic nitrogens is 3. The van der Waals surface area contributed by atoms with E-state index in [1.165, 1.54) is 5.56 Å². The van der Waals surface area contributed by atoms with E-state index in [4.69, 9.17) is 16.3 Å². The molecular formula is C24H22ClN3OS. The van der Waals surface area contributed by atoms with Gasteiger partial charge in [0.05, 0.1) is 6.61 Å². The number of para-hydroxylation sites is 1. The van der Waals surface area contributed by atoms with E-state index in [1.807, 2.05) is 54.6 Å². The highest BCUT2D eigenvalue weighted by atomic mass is 35.5. The van der Waals surface area contributed by atoms with Crippen molar-refractivity contribution in [3.05, 3.63) is 89.4 Å². The van der Waals surface area contributed by atoms with E-state index in [2.05, 4.69) is 46.0 Å². The van der Waals surface area contributed by atoms with E-state index >= 15 is 0 Å². The fraction of sp³-hybridized carbons (Fsp3) is 0.167. The zero-order chi connectivity index (χ0) is 20.8. The van der Waals surface area contributed by atoms with Crippen LogP contribution in [0.25, 0.3) is 17.1 Å². The Bertz CT molecular complexity index is 1080. The Labute approximate surface area is 185 Å². The molecule has 4 rings (SSSR count). The van der Waals surface area contributed by atoms with Gasteiger partial charge in [-0.15, -0.1) is 10.2 Å². The third kappa shape index (κ3) is 4.86. The lowest BCUT2D eigenvalue weighted by Crippen LogP contribution is -2.03. The summed E-state index contributed by atoms with van der Waals surface area (Å²) in [6.07, 6.45) is 1.00. The molecule has 4 aromatic rings. The molecule has 0 atom stereocenters. The third-order valence-electron chi connectivity index (χ3n) is 4.66. The van der Waals surface area contributed by atoms with Crippen LogP contribution in [-0.4, -0.2) is 27.1 Å². The lowest BCUT2D eigenvalue weighted by Gasteiger charge is -2.11. The molecule has 0 fully saturated rings. The molecule has 3 aromatic carbocycles. The zero-order valence-electron chi connectivity index (χ0n) is 16.7. The van der Waals surface area contributed by atoms with Gasteiger partial charge in [-0.1, -0.05) is 60.6 Å². The van der Waals surface area contributed by atoms with Gasteiger partial charge in [-0.2, -0.15) is 0 Å². The van der Waals surface area contributed by atoms with Crippen LogP contribution in [0.3, 0.4) is 0 Å². The van der Waals surface area contributed by atoms with Crippen LogP contribution in [0.15, 0.2) is 84.0 Å². The average molecular weight is 436 g/mol. The molecule has 152 valence electrons. The van der Waals surface area contributed by atoms with Gasteiger partial charge < -0.3 is 4.74 Å². The van der Waals surface area contributed by atoms with Gasteiger partial charge in [-0.3, -0.25) is 4.57 Å². The standard InChI is InChI=1S/C24H22ClN3OS/c1-2-18-8-14-21(15-9-18)28-23(19-10-12-20(25)13-11-19)26-27-24(28)30-17-16-29-22-6-4-3-5-7-22/h3-15H,2,16-17H2,1H3. The summed E-state index contributed by atoms with van der Waals surface area (Å²) in [6.45, 7) is 2.74. The SMILES string of the molecule is CCc1ccc(-n2c(SCCOc3ccccc3)nnc2-c2ccc(Cl)cc2)cc1. The van der Waals surface area contributed by atoms with Gasteiger partial charge in [-0.25, -0.2) is 0 Å².